The van der Waals surface area contributed by atoms with Gasteiger partial charge in [0.05, 0.1) is 11.6 Å². The van der Waals surface area contributed by atoms with Gasteiger partial charge >= 0.3 is 0 Å². The fourth-order valence-electron chi connectivity index (χ4n) is 9.75. The lowest BCUT2D eigenvalue weighted by molar-refractivity contribution is 0.695. The summed E-state index contributed by atoms with van der Waals surface area (Å²) in [7, 11) is 0. The van der Waals surface area contributed by atoms with Crippen LogP contribution in [-0.2, 0) is 6.42 Å². The number of allylic oxidation sites excluding steroid dienone is 1. The Morgan fingerprint density at radius 1 is 0.500 bits per heavy atom. The molecule has 0 aliphatic heterocycles. The molecule has 0 saturated carbocycles. The van der Waals surface area contributed by atoms with Crippen molar-refractivity contribution in [2.75, 3.05) is 0 Å². The first-order valence-electron chi connectivity index (χ1n) is 19.3. The summed E-state index contributed by atoms with van der Waals surface area (Å²) in [4.78, 5) is 0. The zero-order valence-corrected chi connectivity index (χ0v) is 29.8. The molecular weight excluding hydrogens is 653 g/mol. The first-order valence-corrected chi connectivity index (χ1v) is 19.3. The largest absolute Gasteiger partial charge is 0.333 e. The molecule has 0 spiro atoms. The average molecular weight is 689 g/mol. The van der Waals surface area contributed by atoms with Crippen LogP contribution >= 0.6 is 0 Å². The summed E-state index contributed by atoms with van der Waals surface area (Å²) in [5, 5.41) is 14.5. The molecule has 54 heavy (non-hydrogen) atoms. The Balaban J connectivity index is 0.989. The average Bonchev–Trinajstić information content (AvgIpc) is 3.75. The van der Waals surface area contributed by atoms with Gasteiger partial charge in [0.15, 0.2) is 0 Å². The molecule has 0 fully saturated rings. The summed E-state index contributed by atoms with van der Waals surface area (Å²) in [5.41, 5.74) is 10.3. The molecule has 2 aliphatic rings. The van der Waals surface area contributed by atoms with Gasteiger partial charge in [-0.25, -0.2) is 0 Å². The van der Waals surface area contributed by atoms with E-state index in [1.807, 2.05) is 0 Å². The van der Waals surface area contributed by atoms with Crippen molar-refractivity contribution in [1.29, 1.82) is 0 Å². The minimum absolute atomic E-state index is 0.230. The normalized spacial score (nSPS) is 15.2. The molecule has 0 N–H and O–H groups in total. The van der Waals surface area contributed by atoms with E-state index in [9.17, 15) is 0 Å². The molecule has 2 heteroatoms. The van der Waals surface area contributed by atoms with Gasteiger partial charge in [0.25, 0.3) is 0 Å². The monoisotopic (exact) mass is 688 g/mol. The fourth-order valence-corrected chi connectivity index (χ4v) is 9.75. The van der Waals surface area contributed by atoms with Gasteiger partial charge in [0, 0.05) is 44.1 Å². The van der Waals surface area contributed by atoms with Crippen LogP contribution < -0.4 is 10.4 Å². The Morgan fingerprint density at radius 3 is 2.13 bits per heavy atom. The van der Waals surface area contributed by atoms with Crippen LogP contribution in [0.3, 0.4) is 0 Å². The molecule has 8 aromatic carbocycles. The number of nitrogens with zero attached hydrogens (tertiary/aromatic N) is 2. The summed E-state index contributed by atoms with van der Waals surface area (Å²) in [6, 6.07) is 56.9. The second-order valence-corrected chi connectivity index (χ2v) is 15.1. The minimum atomic E-state index is 0.230. The summed E-state index contributed by atoms with van der Waals surface area (Å²) >= 11 is 0. The van der Waals surface area contributed by atoms with Crippen LogP contribution in [-0.4, -0.2) is 9.13 Å². The molecule has 0 bridgehead atoms. The topological polar surface area (TPSA) is 9.86 Å². The Labute approximate surface area is 312 Å². The lowest BCUT2D eigenvalue weighted by atomic mass is 9.95. The number of rotatable bonds is 3. The summed E-state index contributed by atoms with van der Waals surface area (Å²) in [5.74, 6) is 0. The van der Waals surface area contributed by atoms with Crippen molar-refractivity contribution in [2.45, 2.75) is 25.3 Å². The molecule has 2 nitrogen and oxygen atoms in total. The van der Waals surface area contributed by atoms with Gasteiger partial charge in [-0.2, -0.15) is 0 Å². The van der Waals surface area contributed by atoms with E-state index < -0.39 is 0 Å². The predicted molar refractivity (Wildman–Crippen MR) is 230 cm³/mol. The molecule has 2 aliphatic carbocycles. The van der Waals surface area contributed by atoms with Gasteiger partial charge in [-0.05, 0) is 116 Å². The maximum atomic E-state index is 2.58. The standard InChI is InChI=1S/C52H36N2/c1-2-11-35-29-39(22-17-33(35)9-1)53-49-15-7-5-13-45(49)47-31-36(20-27-51(47)53)37-21-28-52-48(32-37)46-14-6-8-16-50(46)54(52)40-23-26-42-38(30-40)19-25-43-41-12-4-3-10-34(41)18-24-44(42)43/h1-6,8-14,16-22,24-32,40H,7,15,23H2. The highest BCUT2D eigenvalue weighted by atomic mass is 15.0. The highest BCUT2D eigenvalue weighted by Gasteiger charge is 2.21. The Bertz CT molecular complexity index is 3370. The molecule has 0 saturated heterocycles. The molecular formula is C52H36N2. The third kappa shape index (κ3) is 4.34. The van der Waals surface area contributed by atoms with Crippen LogP contribution in [0.15, 0.2) is 158 Å². The van der Waals surface area contributed by atoms with E-state index in [2.05, 4.69) is 185 Å². The summed E-state index contributed by atoms with van der Waals surface area (Å²) in [6.45, 7) is 0. The van der Waals surface area contributed by atoms with Crippen molar-refractivity contribution in [1.82, 2.24) is 9.13 Å². The van der Waals surface area contributed by atoms with Crippen molar-refractivity contribution >= 4 is 83.3 Å². The Hall–Kier alpha value is -6.64. The quantitative estimate of drug-likeness (QED) is 0.164. The molecule has 2 heterocycles. The maximum absolute atomic E-state index is 2.58. The van der Waals surface area contributed by atoms with Crippen molar-refractivity contribution < 1.29 is 0 Å². The lowest BCUT2D eigenvalue weighted by Gasteiger charge is -2.20. The van der Waals surface area contributed by atoms with Crippen molar-refractivity contribution in [3.63, 3.8) is 0 Å². The first kappa shape index (κ1) is 29.9. The molecule has 10 aromatic rings. The number of fused-ring (bicyclic) bond motifs is 12. The minimum Gasteiger partial charge on any atom is -0.333 e. The van der Waals surface area contributed by atoms with Crippen LogP contribution in [0.25, 0.3) is 100 Å². The van der Waals surface area contributed by atoms with Crippen molar-refractivity contribution in [2.24, 2.45) is 0 Å². The molecule has 2 aromatic heterocycles. The van der Waals surface area contributed by atoms with E-state index in [4.69, 9.17) is 0 Å². The Kier molecular flexibility index (Phi) is 6.32. The van der Waals surface area contributed by atoms with E-state index in [1.165, 1.54) is 104 Å². The SMILES string of the molecule is C1=Cc2c(n(-c3ccc4ccccc4c3)c3ccc(-c4ccc5c(c4)c4ccccc4n5C4C=c5ccc6c(ccc7ccccc76)c5=CC4)cc23)CC1. The zero-order chi connectivity index (χ0) is 35.3. The highest BCUT2D eigenvalue weighted by molar-refractivity contribution is 6.10. The van der Waals surface area contributed by atoms with Crippen LogP contribution in [0.2, 0.25) is 0 Å². The van der Waals surface area contributed by atoms with E-state index in [0.717, 1.165) is 19.3 Å². The van der Waals surface area contributed by atoms with Crippen LogP contribution in [0, 0.1) is 0 Å². The van der Waals surface area contributed by atoms with Gasteiger partial charge in [-0.15, -0.1) is 0 Å². The molecule has 1 unspecified atom stereocenters. The second-order valence-electron chi connectivity index (χ2n) is 15.1. The molecule has 12 rings (SSSR count). The van der Waals surface area contributed by atoms with E-state index in [-0.39, 0.29) is 6.04 Å². The number of aromatic nitrogens is 2. The van der Waals surface area contributed by atoms with E-state index in [0.29, 0.717) is 0 Å². The molecule has 1 atom stereocenters. The van der Waals surface area contributed by atoms with Gasteiger partial charge in [0.1, 0.15) is 0 Å². The number of hydrogen-bond donors (Lipinski definition) is 0. The summed E-state index contributed by atoms with van der Waals surface area (Å²) in [6.07, 6.45) is 12.7. The van der Waals surface area contributed by atoms with Crippen LogP contribution in [0.1, 0.15) is 30.1 Å². The van der Waals surface area contributed by atoms with Crippen LogP contribution in [0.5, 0.6) is 0 Å². The Morgan fingerprint density at radius 2 is 1.22 bits per heavy atom. The predicted octanol–water partition coefficient (Wildman–Crippen LogP) is 12.0. The zero-order valence-electron chi connectivity index (χ0n) is 29.8. The lowest BCUT2D eigenvalue weighted by Crippen LogP contribution is -2.30. The maximum Gasteiger partial charge on any atom is 0.0566 e. The van der Waals surface area contributed by atoms with Crippen molar-refractivity contribution in [3.05, 3.63) is 179 Å². The van der Waals surface area contributed by atoms with Gasteiger partial charge < -0.3 is 9.13 Å². The van der Waals surface area contributed by atoms with Gasteiger partial charge in [-0.1, -0.05) is 133 Å². The molecule has 0 radical (unpaired) electrons. The highest BCUT2D eigenvalue weighted by Crippen LogP contribution is 2.40. The summed E-state index contributed by atoms with van der Waals surface area (Å²) < 4.78 is 5.08. The smallest absolute Gasteiger partial charge is 0.0566 e. The molecule has 0 amide bonds. The van der Waals surface area contributed by atoms with E-state index >= 15 is 0 Å². The van der Waals surface area contributed by atoms with Crippen molar-refractivity contribution in [3.8, 4) is 16.8 Å². The van der Waals surface area contributed by atoms with Crippen LogP contribution in [0.4, 0.5) is 0 Å². The molecule has 254 valence electrons. The second kappa shape index (κ2) is 11.4. The van der Waals surface area contributed by atoms with Gasteiger partial charge in [0.2, 0.25) is 0 Å². The van der Waals surface area contributed by atoms with Gasteiger partial charge in [-0.3, -0.25) is 0 Å². The number of hydrogen-bond acceptors (Lipinski definition) is 0. The fraction of sp³-hybridized carbons (Fsp3) is 0.0769. The number of benzene rings is 8. The van der Waals surface area contributed by atoms with E-state index in [1.54, 1.807) is 0 Å². The third-order valence-corrected chi connectivity index (χ3v) is 12.2. The number of para-hydroxylation sites is 1. The third-order valence-electron chi connectivity index (χ3n) is 12.2. The first-order chi connectivity index (χ1) is 26.8.